The number of fused-ring (bicyclic) bond motifs is 1. The first-order chi connectivity index (χ1) is 10.2. The van der Waals surface area contributed by atoms with Gasteiger partial charge in [0.2, 0.25) is 5.76 Å². The second kappa shape index (κ2) is 5.69. The normalized spacial score (nSPS) is 18.4. The van der Waals surface area contributed by atoms with Crippen LogP contribution in [-0.4, -0.2) is 45.8 Å². The van der Waals surface area contributed by atoms with Crippen molar-refractivity contribution in [2.24, 2.45) is 5.92 Å². The van der Waals surface area contributed by atoms with Crippen molar-refractivity contribution >= 4 is 5.91 Å². The highest BCUT2D eigenvalue weighted by molar-refractivity contribution is 5.91. The lowest BCUT2D eigenvalue weighted by molar-refractivity contribution is 0.0628. The number of rotatable bonds is 3. The second-order valence-electron chi connectivity index (χ2n) is 5.38. The minimum absolute atomic E-state index is 0.147. The smallest absolute Gasteiger partial charge is 0.292 e. The zero-order valence-corrected chi connectivity index (χ0v) is 12.2. The summed E-state index contributed by atoms with van der Waals surface area (Å²) in [5.41, 5.74) is 1.71. The van der Waals surface area contributed by atoms with Crippen LogP contribution in [0, 0.1) is 12.8 Å². The fourth-order valence-electron chi connectivity index (χ4n) is 2.67. The summed E-state index contributed by atoms with van der Waals surface area (Å²) in [4.78, 5) is 18.5. The van der Waals surface area contributed by atoms with Crippen molar-refractivity contribution < 1.29 is 14.1 Å². The third kappa shape index (κ3) is 2.82. The van der Waals surface area contributed by atoms with Crippen molar-refractivity contribution in [1.29, 1.82) is 0 Å². The third-order valence-corrected chi connectivity index (χ3v) is 3.61. The Labute approximate surface area is 122 Å². The van der Waals surface area contributed by atoms with Gasteiger partial charge in [0.1, 0.15) is 0 Å². The Hall–Kier alpha value is -2.15. The lowest BCUT2D eigenvalue weighted by Crippen LogP contribution is -2.35. The highest BCUT2D eigenvalue weighted by Crippen LogP contribution is 2.19. The standard InChI is InChI=1S/C14H18N4O3/c1-10-3-13(21-16-10)14(19)17-5-11(8-20-2)6-18-9-15-4-12(18)7-17/h3-4,9,11H,5-8H2,1-2H3/t11-/m1/s1. The number of ether oxygens (including phenoxy) is 1. The molecule has 0 N–H and O–H groups in total. The lowest BCUT2D eigenvalue weighted by atomic mass is 10.1. The first kappa shape index (κ1) is 13.8. The number of nitrogens with zero attached hydrogens (tertiary/aromatic N) is 4. The van der Waals surface area contributed by atoms with Crippen molar-refractivity contribution in [3.05, 3.63) is 35.7 Å². The number of hydrogen-bond acceptors (Lipinski definition) is 5. The molecule has 3 rings (SSSR count). The third-order valence-electron chi connectivity index (χ3n) is 3.61. The molecule has 2 aromatic heterocycles. The van der Waals surface area contributed by atoms with Crippen LogP contribution in [0.5, 0.6) is 0 Å². The van der Waals surface area contributed by atoms with Crippen LogP contribution in [0.15, 0.2) is 23.1 Å². The Kier molecular flexibility index (Phi) is 3.74. The van der Waals surface area contributed by atoms with E-state index in [1.54, 1.807) is 37.5 Å². The molecule has 7 nitrogen and oxygen atoms in total. The van der Waals surface area contributed by atoms with E-state index < -0.39 is 0 Å². The van der Waals surface area contributed by atoms with Crippen LogP contribution in [0.2, 0.25) is 0 Å². The van der Waals surface area contributed by atoms with Gasteiger partial charge in [0.05, 0.1) is 30.9 Å². The average Bonchev–Trinajstić information content (AvgIpc) is 3.04. The van der Waals surface area contributed by atoms with Crippen LogP contribution in [0.25, 0.3) is 0 Å². The second-order valence-corrected chi connectivity index (χ2v) is 5.38. The Morgan fingerprint density at radius 3 is 3.10 bits per heavy atom. The molecule has 0 fully saturated rings. The van der Waals surface area contributed by atoms with Crippen molar-refractivity contribution in [3.63, 3.8) is 0 Å². The molecule has 0 bridgehead atoms. The zero-order valence-electron chi connectivity index (χ0n) is 12.2. The number of imidazole rings is 1. The van der Waals surface area contributed by atoms with E-state index in [0.717, 1.165) is 12.2 Å². The van der Waals surface area contributed by atoms with Crippen molar-refractivity contribution in [2.75, 3.05) is 20.3 Å². The molecule has 0 aromatic carbocycles. The predicted octanol–water partition coefficient (Wildman–Crippen LogP) is 1.10. The van der Waals surface area contributed by atoms with Gasteiger partial charge in [-0.05, 0) is 6.92 Å². The summed E-state index contributed by atoms with van der Waals surface area (Å²) in [6.07, 6.45) is 3.59. The predicted molar refractivity (Wildman–Crippen MR) is 73.6 cm³/mol. The van der Waals surface area contributed by atoms with Crippen molar-refractivity contribution in [2.45, 2.75) is 20.0 Å². The summed E-state index contributed by atoms with van der Waals surface area (Å²) in [6.45, 7) is 4.32. The molecular formula is C14H18N4O3. The summed E-state index contributed by atoms with van der Waals surface area (Å²) >= 11 is 0. The van der Waals surface area contributed by atoms with Crippen molar-refractivity contribution in [3.8, 4) is 0 Å². The van der Waals surface area contributed by atoms with Gasteiger partial charge in [0.25, 0.3) is 5.91 Å². The summed E-state index contributed by atoms with van der Waals surface area (Å²) in [6, 6.07) is 1.66. The molecule has 0 unspecified atom stereocenters. The van der Waals surface area contributed by atoms with Gasteiger partial charge in [-0.25, -0.2) is 4.98 Å². The van der Waals surface area contributed by atoms with Crippen LogP contribution in [0.1, 0.15) is 21.9 Å². The Balaban J connectivity index is 1.85. The monoisotopic (exact) mass is 290 g/mol. The summed E-state index contributed by atoms with van der Waals surface area (Å²) in [5, 5.41) is 3.78. The van der Waals surface area contributed by atoms with Gasteiger partial charge in [-0.1, -0.05) is 5.16 Å². The summed E-state index contributed by atoms with van der Waals surface area (Å²) in [7, 11) is 1.67. The van der Waals surface area contributed by atoms with E-state index in [1.807, 2.05) is 0 Å². The van der Waals surface area contributed by atoms with E-state index in [-0.39, 0.29) is 17.6 Å². The van der Waals surface area contributed by atoms with Gasteiger partial charge in [-0.3, -0.25) is 4.79 Å². The van der Waals surface area contributed by atoms with Crippen LogP contribution >= 0.6 is 0 Å². The van der Waals surface area contributed by atoms with Gasteiger partial charge >= 0.3 is 0 Å². The Morgan fingerprint density at radius 1 is 1.52 bits per heavy atom. The van der Waals surface area contributed by atoms with Crippen LogP contribution in [-0.2, 0) is 17.8 Å². The number of aryl methyl sites for hydroxylation is 1. The van der Waals surface area contributed by atoms with Crippen LogP contribution < -0.4 is 0 Å². The molecule has 0 radical (unpaired) electrons. The van der Waals surface area contributed by atoms with E-state index in [2.05, 4.69) is 14.7 Å². The molecule has 0 saturated carbocycles. The van der Waals surface area contributed by atoms with Crippen molar-refractivity contribution in [1.82, 2.24) is 19.6 Å². The molecule has 1 aliphatic heterocycles. The van der Waals surface area contributed by atoms with Gasteiger partial charge in [-0.15, -0.1) is 0 Å². The topological polar surface area (TPSA) is 73.4 Å². The van der Waals surface area contributed by atoms with E-state index in [0.29, 0.717) is 25.4 Å². The molecular weight excluding hydrogens is 272 g/mol. The number of aromatic nitrogens is 3. The maximum atomic E-state index is 12.6. The minimum Gasteiger partial charge on any atom is -0.384 e. The first-order valence-electron chi connectivity index (χ1n) is 6.88. The largest absolute Gasteiger partial charge is 0.384 e. The van der Waals surface area contributed by atoms with Gasteiger partial charge in [0.15, 0.2) is 0 Å². The molecule has 1 atom stereocenters. The highest BCUT2D eigenvalue weighted by Gasteiger charge is 2.27. The fraction of sp³-hybridized carbons (Fsp3) is 0.500. The highest BCUT2D eigenvalue weighted by atomic mass is 16.5. The van der Waals surface area contributed by atoms with Gasteiger partial charge in [0, 0.05) is 38.4 Å². The average molecular weight is 290 g/mol. The number of carbonyl (C=O) groups excluding carboxylic acids is 1. The quantitative estimate of drug-likeness (QED) is 0.846. The molecule has 3 heterocycles. The lowest BCUT2D eigenvalue weighted by Gasteiger charge is -2.22. The molecule has 21 heavy (non-hydrogen) atoms. The molecule has 0 saturated heterocycles. The number of carbonyl (C=O) groups is 1. The summed E-state index contributed by atoms with van der Waals surface area (Å²) in [5.74, 6) is 0.349. The molecule has 2 aromatic rings. The maximum Gasteiger partial charge on any atom is 0.292 e. The van der Waals surface area contributed by atoms with E-state index >= 15 is 0 Å². The van der Waals surface area contributed by atoms with E-state index in [4.69, 9.17) is 9.26 Å². The Bertz CT molecular complexity index is 634. The van der Waals surface area contributed by atoms with E-state index in [1.165, 1.54) is 0 Å². The fourth-order valence-corrected chi connectivity index (χ4v) is 2.67. The van der Waals surface area contributed by atoms with Gasteiger partial charge < -0.3 is 18.7 Å². The SMILES string of the molecule is COC[C@@H]1CN(C(=O)c2cc(C)no2)Cc2cncn2C1. The number of hydrogen-bond donors (Lipinski definition) is 0. The minimum atomic E-state index is -0.147. The molecule has 112 valence electrons. The van der Waals surface area contributed by atoms with Crippen LogP contribution in [0.4, 0.5) is 0 Å². The maximum absolute atomic E-state index is 12.6. The number of methoxy groups -OCH3 is 1. The van der Waals surface area contributed by atoms with Crippen LogP contribution in [0.3, 0.4) is 0 Å². The molecule has 0 aliphatic carbocycles. The molecule has 1 aliphatic rings. The molecule has 1 amide bonds. The first-order valence-corrected chi connectivity index (χ1v) is 6.88. The molecule has 7 heteroatoms. The molecule has 0 spiro atoms. The van der Waals surface area contributed by atoms with E-state index in [9.17, 15) is 4.79 Å². The Morgan fingerprint density at radius 2 is 2.38 bits per heavy atom. The summed E-state index contributed by atoms with van der Waals surface area (Å²) < 4.78 is 12.4. The zero-order chi connectivity index (χ0) is 14.8. The van der Waals surface area contributed by atoms with Gasteiger partial charge in [-0.2, -0.15) is 0 Å². The number of amides is 1.